The van der Waals surface area contributed by atoms with Gasteiger partial charge in [-0.05, 0) is 0 Å². The molecule has 0 bridgehead atoms. The van der Waals surface area contributed by atoms with Gasteiger partial charge in [0.25, 0.3) is 0 Å². The molecule has 109 valence electrons. The van der Waals surface area contributed by atoms with Gasteiger partial charge in [0.1, 0.15) is 0 Å². The van der Waals surface area contributed by atoms with Crippen LogP contribution < -0.4 is 0 Å². The van der Waals surface area contributed by atoms with E-state index in [1.807, 2.05) is 0 Å². The van der Waals surface area contributed by atoms with E-state index in [1.54, 1.807) is 30.3 Å². The summed E-state index contributed by atoms with van der Waals surface area (Å²) >= 11 is 1.61. The summed E-state index contributed by atoms with van der Waals surface area (Å²) in [5.41, 5.74) is 6.02. The van der Waals surface area contributed by atoms with Crippen molar-refractivity contribution in [1.29, 1.82) is 0 Å². The average Bonchev–Trinajstić information content (AvgIpc) is 2.51. The normalized spacial score (nSPS) is 17.4. The molecule has 1 atom stereocenters. The number of rotatable bonds is 2. The summed E-state index contributed by atoms with van der Waals surface area (Å²) in [6, 6.07) is 7.02. The van der Waals surface area contributed by atoms with Gasteiger partial charge in [-0.15, -0.1) is 0 Å². The van der Waals surface area contributed by atoms with Gasteiger partial charge in [-0.3, -0.25) is 0 Å². The van der Waals surface area contributed by atoms with E-state index in [0.29, 0.717) is 3.63 Å². The van der Waals surface area contributed by atoms with E-state index in [1.165, 1.54) is 23.1 Å². The van der Waals surface area contributed by atoms with Gasteiger partial charge in [0, 0.05) is 8.07 Å². The van der Waals surface area contributed by atoms with Crippen LogP contribution in [0, 0.1) is 5.92 Å². The third kappa shape index (κ3) is 6.22. The first-order chi connectivity index (χ1) is 9.08. The fourth-order valence-corrected chi connectivity index (χ4v) is 3.04. The molecule has 0 spiro atoms. The van der Waals surface area contributed by atoms with Crippen LogP contribution in [0.15, 0.2) is 23.8 Å². The van der Waals surface area contributed by atoms with Gasteiger partial charge in [0.05, 0.1) is 0 Å². The van der Waals surface area contributed by atoms with Gasteiger partial charge in [0.2, 0.25) is 0 Å². The van der Waals surface area contributed by atoms with Crippen molar-refractivity contribution in [3.05, 3.63) is 40.5 Å². The minimum atomic E-state index is -0.611. The fourth-order valence-electron chi connectivity index (χ4n) is 2.18. The van der Waals surface area contributed by atoms with Crippen molar-refractivity contribution in [3.63, 3.8) is 0 Å². The van der Waals surface area contributed by atoms with Crippen molar-refractivity contribution in [1.82, 2.24) is 0 Å². The van der Waals surface area contributed by atoms with Crippen molar-refractivity contribution in [2.45, 2.75) is 57.0 Å². The summed E-state index contributed by atoms with van der Waals surface area (Å²) in [6.07, 6.45) is 3.56. The predicted octanol–water partition coefficient (Wildman–Crippen LogP) is 5.84. The van der Waals surface area contributed by atoms with Crippen LogP contribution >= 0.6 is 0 Å². The van der Waals surface area contributed by atoms with Gasteiger partial charge in [-0.1, -0.05) is 26.2 Å². The van der Waals surface area contributed by atoms with Crippen LogP contribution in [0.3, 0.4) is 0 Å². The molecule has 20 heavy (non-hydrogen) atoms. The van der Waals surface area contributed by atoms with E-state index in [4.69, 9.17) is 0 Å². The zero-order valence-electron chi connectivity index (χ0n) is 14.2. The van der Waals surface area contributed by atoms with Crippen LogP contribution in [0.2, 0.25) is 26.2 Å². The summed E-state index contributed by atoms with van der Waals surface area (Å²) in [5.74, 6) is 0.748. The Labute approximate surface area is 141 Å². The smallest absolute Gasteiger partial charge is 0.0411 e. The van der Waals surface area contributed by atoms with Gasteiger partial charge in [0.15, 0.2) is 0 Å². The first-order valence-electron chi connectivity index (χ1n) is 7.60. The Morgan fingerprint density at radius 3 is 2.20 bits per heavy atom. The molecule has 0 saturated heterocycles. The molecule has 1 aliphatic carbocycles. The van der Waals surface area contributed by atoms with Gasteiger partial charge in [-0.25, -0.2) is 0 Å². The zero-order chi connectivity index (χ0) is 15.5. The van der Waals surface area contributed by atoms with Crippen LogP contribution in [-0.4, -0.2) is 8.07 Å². The topological polar surface area (TPSA) is 0 Å². The largest absolute Gasteiger partial charge is 0.0697 e. The third-order valence-electron chi connectivity index (χ3n) is 2.94. The van der Waals surface area contributed by atoms with Crippen LogP contribution in [0.5, 0.6) is 0 Å². The Hall–Kier alpha value is 0.0600. The number of allylic oxidation sites excluding steroid dienone is 1. The molecule has 1 aromatic rings. The molecule has 0 N–H and O–H groups in total. The second kappa shape index (κ2) is 7.36. The second-order valence-electron chi connectivity index (χ2n) is 7.88. The average molecular weight is 365 g/mol. The number of hydrogen-bond acceptors (Lipinski definition) is 0. The predicted molar refractivity (Wildman–Crippen MR) is 90.6 cm³/mol. The van der Waals surface area contributed by atoms with E-state index in [-0.39, 0.29) is 0 Å². The third-order valence-corrected chi connectivity index (χ3v) is 4.83. The minimum absolute atomic E-state index is 0.611. The summed E-state index contributed by atoms with van der Waals surface area (Å²) in [7, 11) is -0.611. The molecule has 0 saturated carbocycles. The molecule has 2 rings (SSSR count). The zero-order valence-corrected chi connectivity index (χ0v) is 17.6. The Kier molecular flexibility index (Phi) is 6.67. The molecule has 1 aliphatic rings. The Morgan fingerprint density at radius 2 is 1.70 bits per heavy atom. The van der Waals surface area contributed by atoms with E-state index in [0.717, 1.165) is 5.92 Å². The van der Waals surface area contributed by atoms with Crippen molar-refractivity contribution in [3.8, 4) is 0 Å². The van der Waals surface area contributed by atoms with Gasteiger partial charge >= 0.3 is 108 Å². The second-order valence-corrected chi connectivity index (χ2v) is 15.3. The molecule has 0 fully saturated rings. The SMILES string of the molecule is CC1=Cc2cc(CC(C)C)ccc2[CH]1[Zr].C[Si](C)(C)C. The van der Waals surface area contributed by atoms with Gasteiger partial charge in [-0.2, -0.15) is 0 Å². The van der Waals surface area contributed by atoms with E-state index >= 15 is 0 Å². The Balaban J connectivity index is 0.000000347. The quantitative estimate of drug-likeness (QED) is 0.578. The fraction of sp³-hybridized carbons (Fsp3) is 0.556. The molecule has 2 heteroatoms. The molecular weight excluding hydrogens is 336 g/mol. The molecular formula is C18H29SiZr. The maximum atomic E-state index is 2.38. The molecule has 1 unspecified atom stereocenters. The Bertz CT molecular complexity index is 475. The monoisotopic (exact) mass is 363 g/mol. The molecule has 0 aliphatic heterocycles. The van der Waals surface area contributed by atoms with E-state index < -0.39 is 8.07 Å². The van der Waals surface area contributed by atoms with Gasteiger partial charge < -0.3 is 0 Å². The van der Waals surface area contributed by atoms with Crippen molar-refractivity contribution >= 4 is 14.1 Å². The number of fused-ring (bicyclic) bond motifs is 1. The maximum absolute atomic E-state index is 2.38. The summed E-state index contributed by atoms with van der Waals surface area (Å²) < 4.78 is 0.709. The van der Waals surface area contributed by atoms with Crippen molar-refractivity contribution in [2.24, 2.45) is 5.92 Å². The van der Waals surface area contributed by atoms with Crippen LogP contribution in [0.1, 0.15) is 41.1 Å². The van der Waals surface area contributed by atoms with Crippen LogP contribution in [0.4, 0.5) is 0 Å². The maximum Gasteiger partial charge on any atom is 0.0411 e. The molecule has 0 heterocycles. The minimum Gasteiger partial charge on any atom is -0.0697 e. The van der Waals surface area contributed by atoms with Crippen LogP contribution in [-0.2, 0) is 31.1 Å². The summed E-state index contributed by atoms with van der Waals surface area (Å²) in [4.78, 5) is 0. The number of hydrogen-bond donors (Lipinski definition) is 0. The first kappa shape index (κ1) is 18.1. The summed E-state index contributed by atoms with van der Waals surface area (Å²) in [6.45, 7) is 16.1. The van der Waals surface area contributed by atoms with Crippen molar-refractivity contribution < 1.29 is 24.7 Å². The molecule has 0 amide bonds. The van der Waals surface area contributed by atoms with Crippen LogP contribution in [0.25, 0.3) is 6.08 Å². The van der Waals surface area contributed by atoms with Crippen molar-refractivity contribution in [2.75, 3.05) is 0 Å². The standard InChI is InChI=1S/C14H17.C4H12Si.Zr/c1-10(2)6-12-4-5-13-7-11(3)8-14(13)9-12;1-5(2,3)4;/h4-5,7-10H,6H2,1-3H3;1-4H3;. The molecule has 0 radical (unpaired) electrons. The van der Waals surface area contributed by atoms with E-state index in [9.17, 15) is 0 Å². The summed E-state index contributed by atoms with van der Waals surface area (Å²) in [5, 5.41) is 0. The number of benzene rings is 1. The molecule has 1 aromatic carbocycles. The molecule has 0 aromatic heterocycles. The Morgan fingerprint density at radius 1 is 1.15 bits per heavy atom. The molecule has 0 nitrogen and oxygen atoms in total. The van der Waals surface area contributed by atoms with E-state index in [2.05, 4.69) is 71.2 Å². The first-order valence-corrected chi connectivity index (χ1v) is 13.0.